The number of aryl methyl sites for hydroxylation is 1. The summed E-state index contributed by atoms with van der Waals surface area (Å²) >= 11 is 6.12. The van der Waals surface area contributed by atoms with Gasteiger partial charge in [0.25, 0.3) is 5.91 Å². The number of hydrogen-bond acceptors (Lipinski definition) is 13. The Balaban J connectivity index is 0.835. The SMILES string of the molecule is Cc1ccc(N2CCN(CC3CCN(c4ccc(NC(=O)[C@@H]5C[C@@H](Oc6ccc(C#N)c(Cl)c6)CN5)nn4)CC3)CC2)cc1C(=O)N(C=O)C1CCC(=O)NC1=O. The maximum Gasteiger partial charge on any atom is 0.261 e. The number of amides is 5. The normalized spacial score (nSPS) is 21.7. The molecule has 4 aliphatic heterocycles. The fourth-order valence-corrected chi connectivity index (χ4v) is 8.12. The van der Waals surface area contributed by atoms with Crippen LogP contribution < -0.4 is 30.5 Å². The molecule has 1 unspecified atom stereocenters. The summed E-state index contributed by atoms with van der Waals surface area (Å²) in [6.45, 7) is 8.35. The van der Waals surface area contributed by atoms with Crippen LogP contribution in [0.2, 0.25) is 5.02 Å². The minimum Gasteiger partial charge on any atom is -0.489 e. The van der Waals surface area contributed by atoms with E-state index in [0.29, 0.717) is 58.6 Å². The van der Waals surface area contributed by atoms with Gasteiger partial charge in [0.2, 0.25) is 24.1 Å². The van der Waals surface area contributed by atoms with E-state index in [-0.39, 0.29) is 24.9 Å². The van der Waals surface area contributed by atoms with Gasteiger partial charge in [0.1, 0.15) is 24.0 Å². The Bertz CT molecular complexity index is 2040. The number of nitrogens with zero attached hydrogens (tertiary/aromatic N) is 7. The molecule has 0 spiro atoms. The molecule has 4 saturated heterocycles. The summed E-state index contributed by atoms with van der Waals surface area (Å²) in [6.07, 6.45) is 2.84. The summed E-state index contributed by atoms with van der Waals surface area (Å²) in [4.78, 5) is 70.3. The number of imide groups is 2. The molecule has 0 radical (unpaired) electrons. The fourth-order valence-electron chi connectivity index (χ4n) is 7.90. The first-order chi connectivity index (χ1) is 27.6. The van der Waals surface area contributed by atoms with Gasteiger partial charge in [-0.1, -0.05) is 17.7 Å². The third kappa shape index (κ3) is 9.33. The van der Waals surface area contributed by atoms with Gasteiger partial charge in [-0.05, 0) is 74.1 Å². The van der Waals surface area contributed by atoms with Crippen LogP contribution in [0.25, 0.3) is 0 Å². The van der Waals surface area contributed by atoms with Crippen LogP contribution in [0.3, 0.4) is 0 Å². The molecule has 16 nitrogen and oxygen atoms in total. The second-order valence-corrected chi connectivity index (χ2v) is 15.4. The molecule has 0 bridgehead atoms. The second-order valence-electron chi connectivity index (χ2n) is 15.0. The minimum absolute atomic E-state index is 0.0703. The monoisotopic (exact) mass is 796 g/mol. The van der Waals surface area contributed by atoms with Crippen molar-refractivity contribution >= 4 is 59.0 Å². The van der Waals surface area contributed by atoms with E-state index in [4.69, 9.17) is 21.6 Å². The first-order valence-electron chi connectivity index (χ1n) is 19.3. The number of ether oxygens (including phenoxy) is 1. The van der Waals surface area contributed by atoms with E-state index < -0.39 is 29.8 Å². The number of nitrogens with one attached hydrogen (secondary N) is 3. The number of piperidine rings is 2. The predicted molar refractivity (Wildman–Crippen MR) is 211 cm³/mol. The molecule has 2 aromatic carbocycles. The Hall–Kier alpha value is -5.63. The van der Waals surface area contributed by atoms with E-state index in [1.807, 2.05) is 24.3 Å². The molecule has 4 fully saturated rings. The van der Waals surface area contributed by atoms with Crippen molar-refractivity contribution in [1.82, 2.24) is 30.6 Å². The van der Waals surface area contributed by atoms with Gasteiger partial charge in [0.05, 0.1) is 16.6 Å². The molecule has 3 aromatic rings. The molecular weight excluding hydrogens is 752 g/mol. The zero-order valence-corrected chi connectivity index (χ0v) is 32.4. The molecule has 57 heavy (non-hydrogen) atoms. The van der Waals surface area contributed by atoms with E-state index in [0.717, 1.165) is 75.1 Å². The Morgan fingerprint density at radius 1 is 1.02 bits per heavy atom. The van der Waals surface area contributed by atoms with Crippen molar-refractivity contribution in [3.63, 3.8) is 0 Å². The van der Waals surface area contributed by atoms with Gasteiger partial charge in [0.15, 0.2) is 11.6 Å². The molecule has 3 atom stereocenters. The largest absolute Gasteiger partial charge is 0.489 e. The zero-order chi connectivity index (χ0) is 40.1. The van der Waals surface area contributed by atoms with Gasteiger partial charge in [-0.25, -0.2) is 0 Å². The number of nitriles is 1. The van der Waals surface area contributed by atoms with Gasteiger partial charge in [-0.15, -0.1) is 10.2 Å². The molecule has 4 aliphatic rings. The van der Waals surface area contributed by atoms with Crippen molar-refractivity contribution in [2.75, 3.05) is 67.5 Å². The van der Waals surface area contributed by atoms with Gasteiger partial charge >= 0.3 is 0 Å². The Morgan fingerprint density at radius 3 is 2.49 bits per heavy atom. The van der Waals surface area contributed by atoms with Crippen LogP contribution in [0.15, 0.2) is 48.5 Å². The number of carbonyl (C=O) groups excluding carboxylic acids is 5. The number of benzene rings is 2. The second kappa shape index (κ2) is 17.7. The standard InChI is InChI=1S/C40H45ClN10O6/c1-25-2-4-28(18-31(25)40(56)51(24-52)34-6-9-37(53)45-39(34)55)49-16-14-48(15-17-49)23-26-10-12-50(13-11-26)36-8-7-35(46-47-36)44-38(54)33-20-30(22-43-33)57-29-5-3-27(21-42)32(41)19-29/h2-5,7-8,18-19,24,26,30,33-34,43H,6,9-17,20,22-23H2,1H3,(H,44,46,54)(H,45,53,55)/t30-,33+,34?/m1/s1. The number of hydrogen-bond donors (Lipinski definition) is 3. The van der Waals surface area contributed by atoms with Gasteiger partial charge in [-0.2, -0.15) is 5.26 Å². The maximum absolute atomic E-state index is 13.5. The summed E-state index contributed by atoms with van der Waals surface area (Å²) < 4.78 is 5.97. The van der Waals surface area contributed by atoms with Crippen molar-refractivity contribution in [1.29, 1.82) is 5.26 Å². The first-order valence-corrected chi connectivity index (χ1v) is 19.6. The van der Waals surface area contributed by atoms with Crippen LogP contribution in [0, 0.1) is 24.2 Å². The lowest BCUT2D eigenvalue weighted by atomic mass is 9.96. The van der Waals surface area contributed by atoms with Gasteiger partial charge < -0.3 is 25.2 Å². The summed E-state index contributed by atoms with van der Waals surface area (Å²) in [7, 11) is 0. The van der Waals surface area contributed by atoms with E-state index in [2.05, 4.69) is 40.8 Å². The molecular formula is C40H45ClN10O6. The van der Waals surface area contributed by atoms with E-state index in [1.165, 1.54) is 0 Å². The first kappa shape index (κ1) is 39.6. The number of anilines is 3. The Morgan fingerprint density at radius 2 is 1.81 bits per heavy atom. The van der Waals surface area contributed by atoms with Crippen molar-refractivity contribution < 1.29 is 28.7 Å². The van der Waals surface area contributed by atoms with Crippen LogP contribution in [-0.2, 0) is 19.2 Å². The molecule has 298 valence electrons. The lowest BCUT2D eigenvalue weighted by molar-refractivity contribution is -0.139. The summed E-state index contributed by atoms with van der Waals surface area (Å²) in [6, 6.07) is 14.8. The zero-order valence-electron chi connectivity index (χ0n) is 31.7. The Kier molecular flexibility index (Phi) is 12.3. The summed E-state index contributed by atoms with van der Waals surface area (Å²) in [5, 5.41) is 26.4. The fraction of sp³-hybridized carbons (Fsp3) is 0.450. The van der Waals surface area contributed by atoms with E-state index in [1.54, 1.807) is 37.3 Å². The molecule has 0 saturated carbocycles. The quantitative estimate of drug-likeness (QED) is 0.190. The summed E-state index contributed by atoms with van der Waals surface area (Å²) in [5.74, 6) is 0.436. The number of halogens is 1. The smallest absolute Gasteiger partial charge is 0.261 e. The van der Waals surface area contributed by atoms with Gasteiger partial charge in [-0.3, -0.25) is 39.1 Å². The number of piperazine rings is 1. The highest BCUT2D eigenvalue weighted by atomic mass is 35.5. The maximum atomic E-state index is 13.5. The van der Waals surface area contributed by atoms with Crippen LogP contribution >= 0.6 is 11.6 Å². The molecule has 17 heteroatoms. The molecule has 3 N–H and O–H groups in total. The van der Waals surface area contributed by atoms with E-state index >= 15 is 0 Å². The van der Waals surface area contributed by atoms with Crippen molar-refractivity contribution in [2.45, 2.75) is 57.2 Å². The minimum atomic E-state index is -1.01. The molecule has 1 aromatic heterocycles. The molecule has 5 heterocycles. The summed E-state index contributed by atoms with van der Waals surface area (Å²) in [5.41, 5.74) is 2.32. The third-order valence-electron chi connectivity index (χ3n) is 11.2. The highest BCUT2D eigenvalue weighted by molar-refractivity contribution is 6.31. The number of carbonyl (C=O) groups is 5. The van der Waals surface area contributed by atoms with E-state index in [9.17, 15) is 24.0 Å². The highest BCUT2D eigenvalue weighted by Crippen LogP contribution is 2.28. The average Bonchev–Trinajstić information content (AvgIpc) is 3.69. The van der Waals surface area contributed by atoms with Crippen LogP contribution in [0.1, 0.15) is 53.6 Å². The van der Waals surface area contributed by atoms with Crippen molar-refractivity contribution in [3.05, 3.63) is 70.2 Å². The lowest BCUT2D eigenvalue weighted by Gasteiger charge is -2.40. The number of rotatable bonds is 11. The third-order valence-corrected chi connectivity index (χ3v) is 11.5. The van der Waals surface area contributed by atoms with Crippen molar-refractivity contribution in [3.8, 4) is 11.8 Å². The predicted octanol–water partition coefficient (Wildman–Crippen LogP) is 2.50. The average molecular weight is 797 g/mol. The molecule has 5 amide bonds. The van der Waals surface area contributed by atoms with Crippen LogP contribution in [0.5, 0.6) is 5.75 Å². The van der Waals surface area contributed by atoms with Crippen molar-refractivity contribution in [2.24, 2.45) is 5.92 Å². The van der Waals surface area contributed by atoms with Gasteiger partial charge in [0, 0.05) is 82.5 Å². The van der Waals surface area contributed by atoms with Crippen LogP contribution in [0.4, 0.5) is 17.3 Å². The molecule has 0 aliphatic carbocycles. The highest BCUT2D eigenvalue weighted by Gasteiger charge is 2.36. The van der Waals surface area contributed by atoms with Crippen LogP contribution in [-0.4, -0.2) is 121 Å². The molecule has 7 rings (SSSR count). The lowest BCUT2D eigenvalue weighted by Crippen LogP contribution is -2.54. The Labute approximate surface area is 335 Å². The topological polar surface area (TPSA) is 193 Å². The number of aromatic nitrogens is 2.